The number of nitriles is 1. The van der Waals surface area contributed by atoms with Gasteiger partial charge in [0.05, 0.1) is 10.0 Å². The Morgan fingerprint density at radius 2 is 1.71 bits per heavy atom. The molecule has 24 heavy (non-hydrogen) atoms. The van der Waals surface area contributed by atoms with Crippen LogP contribution in [-0.4, -0.2) is 5.91 Å². The third-order valence-electron chi connectivity index (χ3n) is 3.54. The number of rotatable bonds is 3. The molecular weight excluding hydrogens is 343 g/mol. The molecule has 0 fully saturated rings. The maximum absolute atomic E-state index is 12.4. The number of benzene rings is 2. The summed E-state index contributed by atoms with van der Waals surface area (Å²) in [5.74, 6) is -0.460. The van der Waals surface area contributed by atoms with Gasteiger partial charge in [-0.1, -0.05) is 47.0 Å². The van der Waals surface area contributed by atoms with E-state index in [0.717, 1.165) is 22.4 Å². The summed E-state index contributed by atoms with van der Waals surface area (Å²) in [4.78, 5) is 12.4. The minimum atomic E-state index is -0.460. The standard InChI is InChI=1S/C19H16Cl2N2O/c1-11-6-12(2)18(13(3)7-11)23-19(24)15(10-22)8-14-4-5-16(20)17(21)9-14/h4-9H,1-3H3,(H,23,24)/b15-8+. The molecule has 0 unspecified atom stereocenters. The molecule has 2 aromatic carbocycles. The summed E-state index contributed by atoms with van der Waals surface area (Å²) in [6, 6.07) is 10.8. The summed E-state index contributed by atoms with van der Waals surface area (Å²) in [6.45, 7) is 5.84. The Morgan fingerprint density at radius 3 is 2.25 bits per heavy atom. The summed E-state index contributed by atoms with van der Waals surface area (Å²) < 4.78 is 0. The number of aryl methyl sites for hydroxylation is 3. The smallest absolute Gasteiger partial charge is 0.266 e. The fraction of sp³-hybridized carbons (Fsp3) is 0.158. The molecule has 0 aliphatic carbocycles. The maximum atomic E-state index is 12.4. The number of carbonyl (C=O) groups excluding carboxylic acids is 1. The van der Waals surface area contributed by atoms with Crippen molar-refractivity contribution in [3.63, 3.8) is 0 Å². The van der Waals surface area contributed by atoms with Gasteiger partial charge in [-0.05, 0) is 55.7 Å². The highest BCUT2D eigenvalue weighted by molar-refractivity contribution is 6.42. The first-order chi connectivity index (χ1) is 11.3. The van der Waals surface area contributed by atoms with Gasteiger partial charge in [0.25, 0.3) is 5.91 Å². The molecule has 5 heteroatoms. The summed E-state index contributed by atoms with van der Waals surface area (Å²) in [5, 5.41) is 12.9. The van der Waals surface area contributed by atoms with Gasteiger partial charge in [-0.3, -0.25) is 4.79 Å². The van der Waals surface area contributed by atoms with Crippen LogP contribution in [-0.2, 0) is 4.79 Å². The molecule has 0 radical (unpaired) electrons. The zero-order chi connectivity index (χ0) is 17.9. The molecule has 0 aliphatic heterocycles. The second-order valence-corrected chi connectivity index (χ2v) is 6.39. The Hall–Kier alpha value is -2.28. The lowest BCUT2D eigenvalue weighted by molar-refractivity contribution is -0.112. The highest BCUT2D eigenvalue weighted by atomic mass is 35.5. The summed E-state index contributed by atoms with van der Waals surface area (Å²) in [7, 11) is 0. The van der Waals surface area contributed by atoms with Crippen LogP contribution in [0.25, 0.3) is 6.08 Å². The van der Waals surface area contributed by atoms with Crippen molar-refractivity contribution in [2.24, 2.45) is 0 Å². The van der Waals surface area contributed by atoms with Crippen molar-refractivity contribution < 1.29 is 4.79 Å². The highest BCUT2D eigenvalue weighted by Gasteiger charge is 2.13. The van der Waals surface area contributed by atoms with Crippen LogP contribution in [0.1, 0.15) is 22.3 Å². The number of halogens is 2. The van der Waals surface area contributed by atoms with E-state index < -0.39 is 5.91 Å². The van der Waals surface area contributed by atoms with E-state index >= 15 is 0 Å². The van der Waals surface area contributed by atoms with E-state index in [9.17, 15) is 10.1 Å². The van der Waals surface area contributed by atoms with Gasteiger partial charge in [-0.25, -0.2) is 0 Å². The molecule has 0 saturated heterocycles. The fourth-order valence-electron chi connectivity index (χ4n) is 2.48. The number of amides is 1. The van der Waals surface area contributed by atoms with Gasteiger partial charge in [0.15, 0.2) is 0 Å². The molecule has 0 bridgehead atoms. The molecule has 3 nitrogen and oxygen atoms in total. The summed E-state index contributed by atoms with van der Waals surface area (Å²) in [5.41, 5.74) is 4.37. The molecule has 0 heterocycles. The van der Waals surface area contributed by atoms with Crippen LogP contribution in [0.2, 0.25) is 10.0 Å². The van der Waals surface area contributed by atoms with Gasteiger partial charge < -0.3 is 5.32 Å². The fourth-order valence-corrected chi connectivity index (χ4v) is 2.78. The Kier molecular flexibility index (Phi) is 5.66. The number of nitrogens with one attached hydrogen (secondary N) is 1. The van der Waals surface area contributed by atoms with Crippen LogP contribution < -0.4 is 5.32 Å². The van der Waals surface area contributed by atoms with Crippen LogP contribution >= 0.6 is 23.2 Å². The van der Waals surface area contributed by atoms with Crippen molar-refractivity contribution >= 4 is 40.9 Å². The van der Waals surface area contributed by atoms with E-state index in [2.05, 4.69) is 5.32 Å². The first kappa shape index (κ1) is 18.1. The van der Waals surface area contributed by atoms with Crippen molar-refractivity contribution in [3.8, 4) is 6.07 Å². The number of hydrogen-bond acceptors (Lipinski definition) is 2. The zero-order valence-electron chi connectivity index (χ0n) is 13.6. The van der Waals surface area contributed by atoms with Crippen molar-refractivity contribution in [1.29, 1.82) is 5.26 Å². The SMILES string of the molecule is Cc1cc(C)c(NC(=O)/C(C#N)=C/c2ccc(Cl)c(Cl)c2)c(C)c1. The quantitative estimate of drug-likeness (QED) is 0.584. The third kappa shape index (κ3) is 4.17. The summed E-state index contributed by atoms with van der Waals surface area (Å²) in [6.07, 6.45) is 1.48. The summed E-state index contributed by atoms with van der Waals surface area (Å²) >= 11 is 11.8. The largest absolute Gasteiger partial charge is 0.321 e. The van der Waals surface area contributed by atoms with Gasteiger partial charge >= 0.3 is 0 Å². The average molecular weight is 359 g/mol. The molecule has 0 aromatic heterocycles. The zero-order valence-corrected chi connectivity index (χ0v) is 15.1. The van der Waals surface area contributed by atoms with E-state index in [-0.39, 0.29) is 5.57 Å². The molecule has 2 aromatic rings. The molecule has 0 saturated carbocycles. The second-order valence-electron chi connectivity index (χ2n) is 5.57. The molecule has 1 N–H and O–H groups in total. The van der Waals surface area contributed by atoms with Gasteiger partial charge in [0, 0.05) is 5.69 Å². The lowest BCUT2D eigenvalue weighted by atomic mass is 10.0. The highest BCUT2D eigenvalue weighted by Crippen LogP contribution is 2.25. The third-order valence-corrected chi connectivity index (χ3v) is 4.27. The first-order valence-electron chi connectivity index (χ1n) is 7.28. The Balaban J connectivity index is 2.31. The van der Waals surface area contributed by atoms with Gasteiger partial charge in [-0.2, -0.15) is 5.26 Å². The average Bonchev–Trinajstić information content (AvgIpc) is 2.51. The normalized spacial score (nSPS) is 11.1. The van der Waals surface area contributed by atoms with Gasteiger partial charge in [-0.15, -0.1) is 0 Å². The number of nitrogens with zero attached hydrogens (tertiary/aromatic N) is 1. The Labute approximate surface area is 151 Å². The molecule has 2 rings (SSSR count). The molecule has 0 atom stereocenters. The molecular formula is C19H16Cl2N2O. The number of anilines is 1. The van der Waals surface area contributed by atoms with E-state index in [1.54, 1.807) is 18.2 Å². The minimum Gasteiger partial charge on any atom is -0.321 e. The van der Waals surface area contributed by atoms with Crippen LogP contribution in [0, 0.1) is 32.1 Å². The second kappa shape index (κ2) is 7.53. The predicted molar refractivity (Wildman–Crippen MR) is 99.3 cm³/mol. The van der Waals surface area contributed by atoms with Crippen LogP contribution in [0.15, 0.2) is 35.9 Å². The van der Waals surface area contributed by atoms with E-state index in [4.69, 9.17) is 23.2 Å². The minimum absolute atomic E-state index is 0.00670. The van der Waals surface area contributed by atoms with Crippen molar-refractivity contribution in [2.45, 2.75) is 20.8 Å². The van der Waals surface area contributed by atoms with Gasteiger partial charge in [0.2, 0.25) is 0 Å². The van der Waals surface area contributed by atoms with E-state index in [1.807, 2.05) is 39.0 Å². The molecule has 122 valence electrons. The Morgan fingerprint density at radius 1 is 1.08 bits per heavy atom. The molecule has 0 aliphatic rings. The lowest BCUT2D eigenvalue weighted by Gasteiger charge is -2.12. The van der Waals surface area contributed by atoms with E-state index in [0.29, 0.717) is 15.6 Å². The molecule has 1 amide bonds. The number of carbonyl (C=O) groups is 1. The monoisotopic (exact) mass is 358 g/mol. The maximum Gasteiger partial charge on any atom is 0.266 e. The topological polar surface area (TPSA) is 52.9 Å². The van der Waals surface area contributed by atoms with Crippen LogP contribution in [0.5, 0.6) is 0 Å². The Bertz CT molecular complexity index is 856. The van der Waals surface area contributed by atoms with Crippen LogP contribution in [0.4, 0.5) is 5.69 Å². The first-order valence-corrected chi connectivity index (χ1v) is 8.03. The number of hydrogen-bond donors (Lipinski definition) is 1. The van der Waals surface area contributed by atoms with E-state index in [1.165, 1.54) is 6.08 Å². The van der Waals surface area contributed by atoms with Crippen LogP contribution in [0.3, 0.4) is 0 Å². The van der Waals surface area contributed by atoms with Crippen molar-refractivity contribution in [2.75, 3.05) is 5.32 Å². The van der Waals surface area contributed by atoms with Crippen molar-refractivity contribution in [1.82, 2.24) is 0 Å². The molecule has 0 spiro atoms. The predicted octanol–water partition coefficient (Wildman–Crippen LogP) is 5.46. The van der Waals surface area contributed by atoms with Gasteiger partial charge in [0.1, 0.15) is 11.6 Å². The lowest BCUT2D eigenvalue weighted by Crippen LogP contribution is -2.15. The van der Waals surface area contributed by atoms with Crippen molar-refractivity contribution in [3.05, 3.63) is 68.2 Å².